The molecule has 4 heteroatoms. The second-order valence-electron chi connectivity index (χ2n) is 4.67. The van der Waals surface area contributed by atoms with Crippen LogP contribution in [0.3, 0.4) is 0 Å². The molecule has 18 heavy (non-hydrogen) atoms. The van der Waals surface area contributed by atoms with Gasteiger partial charge >= 0.3 is 0 Å². The molecule has 1 N–H and O–H groups in total. The zero-order valence-electron chi connectivity index (χ0n) is 10.8. The second-order valence-corrected chi connectivity index (χ2v) is 5.82. The Hall–Kier alpha value is -1.00. The lowest BCUT2D eigenvalue weighted by Crippen LogP contribution is -2.41. The van der Waals surface area contributed by atoms with Crippen molar-refractivity contribution in [3.05, 3.63) is 35.9 Å². The summed E-state index contributed by atoms with van der Waals surface area (Å²) in [5.41, 5.74) is 1.18. The number of amides is 1. The predicted molar refractivity (Wildman–Crippen MR) is 76.6 cm³/mol. The first-order chi connectivity index (χ1) is 8.75. The number of hydrogen-bond donors (Lipinski definition) is 1. The molecule has 1 aromatic rings. The maximum absolute atomic E-state index is 12.1. The van der Waals surface area contributed by atoms with Gasteiger partial charge in [0.2, 0.25) is 5.91 Å². The zero-order valence-corrected chi connectivity index (χ0v) is 11.6. The predicted octanol–water partition coefficient (Wildman–Crippen LogP) is 1.74. The Kier molecular flexibility index (Phi) is 5.08. The van der Waals surface area contributed by atoms with Gasteiger partial charge in [0, 0.05) is 44.1 Å². The quantitative estimate of drug-likeness (QED) is 0.899. The maximum atomic E-state index is 12.1. The van der Waals surface area contributed by atoms with Crippen LogP contribution in [0.15, 0.2) is 30.3 Å². The molecular weight excluding hydrogens is 244 g/mol. The first-order valence-corrected chi connectivity index (χ1v) is 7.50. The minimum atomic E-state index is 0.221. The Balaban J connectivity index is 1.81. The highest BCUT2D eigenvalue weighted by Gasteiger charge is 2.18. The summed E-state index contributed by atoms with van der Waals surface area (Å²) in [7, 11) is 1.88. The number of rotatable bonds is 4. The molecule has 1 unspecified atom stereocenters. The number of nitrogens with zero attached hydrogens (tertiary/aromatic N) is 1. The van der Waals surface area contributed by atoms with Gasteiger partial charge in [-0.2, -0.15) is 11.8 Å². The average molecular weight is 264 g/mol. The SMILES string of the molecule is CN(Cc1ccccc1)C(=O)CC1CSCCN1. The number of hydrogen-bond acceptors (Lipinski definition) is 3. The smallest absolute Gasteiger partial charge is 0.224 e. The van der Waals surface area contributed by atoms with E-state index in [1.165, 1.54) is 5.56 Å². The van der Waals surface area contributed by atoms with E-state index in [0.717, 1.165) is 18.1 Å². The molecule has 3 nitrogen and oxygen atoms in total. The van der Waals surface area contributed by atoms with Crippen LogP contribution in [0.1, 0.15) is 12.0 Å². The fourth-order valence-corrected chi connectivity index (χ4v) is 3.01. The van der Waals surface area contributed by atoms with Crippen LogP contribution in [-0.2, 0) is 11.3 Å². The minimum absolute atomic E-state index is 0.221. The molecule has 1 atom stereocenters. The molecule has 0 radical (unpaired) electrons. The average Bonchev–Trinajstić information content (AvgIpc) is 2.41. The molecule has 2 rings (SSSR count). The third kappa shape index (κ3) is 4.03. The molecule has 1 heterocycles. The highest BCUT2D eigenvalue weighted by Crippen LogP contribution is 2.12. The van der Waals surface area contributed by atoms with Crippen LogP contribution in [0.4, 0.5) is 0 Å². The van der Waals surface area contributed by atoms with Crippen molar-refractivity contribution >= 4 is 17.7 Å². The summed E-state index contributed by atoms with van der Waals surface area (Å²) in [5.74, 6) is 2.42. The van der Waals surface area contributed by atoms with E-state index in [2.05, 4.69) is 17.4 Å². The van der Waals surface area contributed by atoms with Crippen molar-refractivity contribution in [2.45, 2.75) is 19.0 Å². The fraction of sp³-hybridized carbons (Fsp3) is 0.500. The monoisotopic (exact) mass is 264 g/mol. The van der Waals surface area contributed by atoms with Crippen LogP contribution in [0, 0.1) is 0 Å². The van der Waals surface area contributed by atoms with Crippen molar-refractivity contribution in [2.24, 2.45) is 0 Å². The molecule has 1 amide bonds. The third-order valence-corrected chi connectivity index (χ3v) is 4.24. The van der Waals surface area contributed by atoms with E-state index in [4.69, 9.17) is 0 Å². The summed E-state index contributed by atoms with van der Waals surface area (Å²) in [5, 5.41) is 3.40. The number of nitrogens with one attached hydrogen (secondary N) is 1. The van der Waals surface area contributed by atoms with E-state index in [1.54, 1.807) is 0 Å². The molecular formula is C14H20N2OS. The first kappa shape index (κ1) is 13.4. The molecule has 1 aliphatic heterocycles. The zero-order chi connectivity index (χ0) is 12.8. The summed E-state index contributed by atoms with van der Waals surface area (Å²) in [6, 6.07) is 10.5. The summed E-state index contributed by atoms with van der Waals surface area (Å²) in [6.07, 6.45) is 0.607. The topological polar surface area (TPSA) is 32.3 Å². The summed E-state index contributed by atoms with van der Waals surface area (Å²) in [4.78, 5) is 13.9. The van der Waals surface area contributed by atoms with Crippen LogP contribution in [-0.4, -0.2) is 41.9 Å². The fourth-order valence-electron chi connectivity index (χ4n) is 2.06. The van der Waals surface area contributed by atoms with Crippen LogP contribution in [0.2, 0.25) is 0 Å². The summed E-state index contributed by atoms with van der Waals surface area (Å²) in [6.45, 7) is 1.71. The number of thioether (sulfide) groups is 1. The largest absolute Gasteiger partial charge is 0.341 e. The summed E-state index contributed by atoms with van der Waals surface area (Å²) < 4.78 is 0. The standard InChI is InChI=1S/C14H20N2OS/c1-16(10-12-5-3-2-4-6-12)14(17)9-13-11-18-8-7-15-13/h2-6,13,15H,7-11H2,1H3. The van der Waals surface area contributed by atoms with Gasteiger partial charge in [0.25, 0.3) is 0 Å². The van der Waals surface area contributed by atoms with E-state index in [0.29, 0.717) is 19.0 Å². The van der Waals surface area contributed by atoms with Crippen molar-refractivity contribution in [1.82, 2.24) is 10.2 Å². The van der Waals surface area contributed by atoms with Crippen molar-refractivity contribution in [2.75, 3.05) is 25.1 Å². The van der Waals surface area contributed by atoms with Crippen molar-refractivity contribution in [3.63, 3.8) is 0 Å². The normalized spacial score (nSPS) is 19.5. The van der Waals surface area contributed by atoms with E-state index < -0.39 is 0 Å². The Bertz CT molecular complexity index is 377. The molecule has 0 spiro atoms. The van der Waals surface area contributed by atoms with Gasteiger partial charge in [-0.3, -0.25) is 4.79 Å². The summed E-state index contributed by atoms with van der Waals surface area (Å²) >= 11 is 1.93. The molecule has 0 aromatic heterocycles. The third-order valence-electron chi connectivity index (χ3n) is 3.11. The van der Waals surface area contributed by atoms with E-state index in [-0.39, 0.29) is 5.91 Å². The van der Waals surface area contributed by atoms with Crippen molar-refractivity contribution in [3.8, 4) is 0 Å². The lowest BCUT2D eigenvalue weighted by atomic mass is 10.2. The van der Waals surface area contributed by atoms with Crippen LogP contribution in [0.5, 0.6) is 0 Å². The lowest BCUT2D eigenvalue weighted by molar-refractivity contribution is -0.130. The lowest BCUT2D eigenvalue weighted by Gasteiger charge is -2.25. The highest BCUT2D eigenvalue weighted by molar-refractivity contribution is 7.99. The highest BCUT2D eigenvalue weighted by atomic mass is 32.2. The van der Waals surface area contributed by atoms with Crippen molar-refractivity contribution < 1.29 is 4.79 Å². The number of benzene rings is 1. The Morgan fingerprint density at radius 1 is 1.44 bits per heavy atom. The van der Waals surface area contributed by atoms with Gasteiger partial charge in [-0.05, 0) is 5.56 Å². The molecule has 1 fully saturated rings. The second kappa shape index (κ2) is 6.81. The molecule has 0 aliphatic carbocycles. The Morgan fingerprint density at radius 2 is 2.22 bits per heavy atom. The Labute approximate surface area is 113 Å². The van der Waals surface area contributed by atoms with Gasteiger partial charge in [0.15, 0.2) is 0 Å². The maximum Gasteiger partial charge on any atom is 0.224 e. The molecule has 98 valence electrons. The van der Waals surface area contributed by atoms with Gasteiger partial charge in [0.1, 0.15) is 0 Å². The molecule has 1 aliphatic rings. The molecule has 0 saturated carbocycles. The van der Waals surface area contributed by atoms with E-state index >= 15 is 0 Å². The number of carbonyl (C=O) groups is 1. The van der Waals surface area contributed by atoms with Crippen LogP contribution >= 0.6 is 11.8 Å². The van der Waals surface area contributed by atoms with Crippen LogP contribution in [0.25, 0.3) is 0 Å². The molecule has 1 saturated heterocycles. The van der Waals surface area contributed by atoms with E-state index in [1.807, 2.05) is 41.9 Å². The minimum Gasteiger partial charge on any atom is -0.341 e. The van der Waals surface area contributed by atoms with Gasteiger partial charge in [-0.1, -0.05) is 30.3 Å². The van der Waals surface area contributed by atoms with Gasteiger partial charge in [-0.25, -0.2) is 0 Å². The van der Waals surface area contributed by atoms with Crippen molar-refractivity contribution in [1.29, 1.82) is 0 Å². The van der Waals surface area contributed by atoms with E-state index in [9.17, 15) is 4.79 Å². The first-order valence-electron chi connectivity index (χ1n) is 6.35. The molecule has 1 aromatic carbocycles. The van der Waals surface area contributed by atoms with Gasteiger partial charge in [-0.15, -0.1) is 0 Å². The van der Waals surface area contributed by atoms with Gasteiger partial charge < -0.3 is 10.2 Å². The van der Waals surface area contributed by atoms with Gasteiger partial charge in [0.05, 0.1) is 0 Å². The van der Waals surface area contributed by atoms with Crippen LogP contribution < -0.4 is 5.32 Å². The number of carbonyl (C=O) groups excluding carboxylic acids is 1. The Morgan fingerprint density at radius 3 is 2.89 bits per heavy atom. The molecule has 0 bridgehead atoms.